The zero-order valence-electron chi connectivity index (χ0n) is 11.1. The molecule has 0 saturated heterocycles. The zero-order valence-corrected chi connectivity index (χ0v) is 11.9. The summed E-state index contributed by atoms with van der Waals surface area (Å²) >= 11 is 5.88. The molecule has 2 aromatic rings. The lowest BCUT2D eigenvalue weighted by molar-refractivity contribution is 0.401. The van der Waals surface area contributed by atoms with Crippen LogP contribution in [0.1, 0.15) is 31.6 Å². The van der Waals surface area contributed by atoms with Gasteiger partial charge in [-0.1, -0.05) is 13.3 Å². The van der Waals surface area contributed by atoms with Gasteiger partial charge in [0.1, 0.15) is 12.2 Å². The Morgan fingerprint density at radius 2 is 2.32 bits per heavy atom. The molecule has 6 heteroatoms. The van der Waals surface area contributed by atoms with Gasteiger partial charge in [0.2, 0.25) is 5.88 Å². The molecule has 2 unspecified atom stereocenters. The van der Waals surface area contributed by atoms with Gasteiger partial charge in [0, 0.05) is 18.3 Å². The predicted octanol–water partition coefficient (Wildman–Crippen LogP) is 2.59. The van der Waals surface area contributed by atoms with Gasteiger partial charge in [0.05, 0.1) is 7.11 Å². The summed E-state index contributed by atoms with van der Waals surface area (Å²) in [6.45, 7) is 2.22. The van der Waals surface area contributed by atoms with E-state index in [1.165, 1.54) is 19.2 Å². The zero-order chi connectivity index (χ0) is 13.4. The van der Waals surface area contributed by atoms with E-state index < -0.39 is 0 Å². The van der Waals surface area contributed by atoms with E-state index in [4.69, 9.17) is 16.3 Å². The minimum Gasteiger partial charge on any atom is -0.479 e. The summed E-state index contributed by atoms with van der Waals surface area (Å²) in [5, 5.41) is 0. The van der Waals surface area contributed by atoms with E-state index in [1.54, 1.807) is 7.11 Å². The number of ether oxygens (including phenoxy) is 1. The topological polar surface area (TPSA) is 52.8 Å². The number of methoxy groups -OCH3 is 1. The van der Waals surface area contributed by atoms with Crippen LogP contribution < -0.4 is 4.74 Å². The van der Waals surface area contributed by atoms with E-state index in [9.17, 15) is 0 Å². The Labute approximate surface area is 117 Å². The molecular formula is C13H17ClN4O. The van der Waals surface area contributed by atoms with Crippen molar-refractivity contribution in [3.8, 4) is 5.88 Å². The van der Waals surface area contributed by atoms with E-state index in [1.807, 2.05) is 0 Å². The second-order valence-electron chi connectivity index (χ2n) is 4.86. The summed E-state index contributed by atoms with van der Waals surface area (Å²) in [6.07, 6.45) is 4.66. The number of aryl methyl sites for hydroxylation is 1. The molecule has 1 saturated carbocycles. The molecule has 1 fully saturated rings. The third kappa shape index (κ3) is 2.06. The Hall–Kier alpha value is -1.36. The lowest BCUT2D eigenvalue weighted by Crippen LogP contribution is -2.04. The van der Waals surface area contributed by atoms with Crippen molar-refractivity contribution in [3.05, 3.63) is 12.2 Å². The standard InChI is InChI=1S/C13H17ClN4O/c1-3-8-6-9(8)18-10(4-5-14)17-11-12(18)15-7-16-13(11)19-2/h7-9H,3-6H2,1-2H3. The molecule has 19 heavy (non-hydrogen) atoms. The van der Waals surface area contributed by atoms with Crippen LogP contribution in [-0.2, 0) is 6.42 Å². The lowest BCUT2D eigenvalue weighted by atomic mass is 10.3. The number of nitrogens with zero attached hydrogens (tertiary/aromatic N) is 4. The van der Waals surface area contributed by atoms with E-state index in [0.717, 1.165) is 29.3 Å². The summed E-state index contributed by atoms with van der Waals surface area (Å²) in [4.78, 5) is 13.1. The van der Waals surface area contributed by atoms with Crippen molar-refractivity contribution in [3.63, 3.8) is 0 Å². The Morgan fingerprint density at radius 3 is 2.95 bits per heavy atom. The second-order valence-corrected chi connectivity index (χ2v) is 5.24. The number of hydrogen-bond acceptors (Lipinski definition) is 4. The molecule has 3 rings (SSSR count). The first kappa shape index (κ1) is 12.7. The van der Waals surface area contributed by atoms with Crippen molar-refractivity contribution in [2.45, 2.75) is 32.2 Å². The highest BCUT2D eigenvalue weighted by molar-refractivity contribution is 6.17. The van der Waals surface area contributed by atoms with Gasteiger partial charge in [0.15, 0.2) is 11.2 Å². The van der Waals surface area contributed by atoms with Crippen molar-refractivity contribution in [1.82, 2.24) is 19.5 Å². The van der Waals surface area contributed by atoms with Crippen LogP contribution in [0.3, 0.4) is 0 Å². The molecule has 2 aromatic heterocycles. The number of aromatic nitrogens is 4. The van der Waals surface area contributed by atoms with Crippen LogP contribution in [0.25, 0.3) is 11.2 Å². The van der Waals surface area contributed by atoms with E-state index in [2.05, 4.69) is 26.4 Å². The summed E-state index contributed by atoms with van der Waals surface area (Å²) in [7, 11) is 1.61. The van der Waals surface area contributed by atoms with Crippen LogP contribution >= 0.6 is 11.6 Å². The predicted molar refractivity (Wildman–Crippen MR) is 73.7 cm³/mol. The van der Waals surface area contributed by atoms with E-state index >= 15 is 0 Å². The monoisotopic (exact) mass is 280 g/mol. The van der Waals surface area contributed by atoms with Crippen LogP contribution in [0.5, 0.6) is 5.88 Å². The van der Waals surface area contributed by atoms with Crippen molar-refractivity contribution >= 4 is 22.8 Å². The highest BCUT2D eigenvalue weighted by atomic mass is 35.5. The third-order valence-electron chi connectivity index (χ3n) is 3.77. The number of rotatable bonds is 5. The molecule has 1 aliphatic carbocycles. The smallest absolute Gasteiger partial charge is 0.245 e. The molecular weight excluding hydrogens is 264 g/mol. The molecule has 0 N–H and O–H groups in total. The Kier molecular flexibility index (Phi) is 3.31. The lowest BCUT2D eigenvalue weighted by Gasteiger charge is -2.06. The maximum atomic E-state index is 5.88. The van der Waals surface area contributed by atoms with Crippen LogP contribution in [-0.4, -0.2) is 32.5 Å². The van der Waals surface area contributed by atoms with Gasteiger partial charge in [0.25, 0.3) is 0 Å². The Balaban J connectivity index is 2.14. The minimum atomic E-state index is 0.507. The minimum absolute atomic E-state index is 0.507. The number of fused-ring (bicyclic) bond motifs is 1. The van der Waals surface area contributed by atoms with Gasteiger partial charge in [-0.25, -0.2) is 9.97 Å². The second kappa shape index (κ2) is 4.96. The highest BCUT2D eigenvalue weighted by Crippen LogP contribution is 2.47. The number of halogens is 1. The first-order chi connectivity index (χ1) is 9.30. The summed E-state index contributed by atoms with van der Waals surface area (Å²) in [6, 6.07) is 0.507. The van der Waals surface area contributed by atoms with Gasteiger partial charge in [-0.15, -0.1) is 11.6 Å². The van der Waals surface area contributed by atoms with Crippen molar-refractivity contribution < 1.29 is 4.74 Å². The molecule has 2 heterocycles. The van der Waals surface area contributed by atoms with Gasteiger partial charge in [-0.2, -0.15) is 4.98 Å². The molecule has 102 valence electrons. The molecule has 0 aromatic carbocycles. The Bertz CT molecular complexity index is 598. The molecule has 0 amide bonds. The summed E-state index contributed by atoms with van der Waals surface area (Å²) < 4.78 is 7.50. The fraction of sp³-hybridized carbons (Fsp3) is 0.615. The van der Waals surface area contributed by atoms with Gasteiger partial charge in [-0.05, 0) is 12.3 Å². The van der Waals surface area contributed by atoms with Gasteiger partial charge < -0.3 is 9.30 Å². The molecule has 1 aliphatic rings. The number of hydrogen-bond donors (Lipinski definition) is 0. The molecule has 2 atom stereocenters. The largest absolute Gasteiger partial charge is 0.479 e. The van der Waals surface area contributed by atoms with Crippen LogP contribution in [0.4, 0.5) is 0 Å². The molecule has 5 nitrogen and oxygen atoms in total. The maximum Gasteiger partial charge on any atom is 0.245 e. The normalized spacial score (nSPS) is 21.8. The van der Waals surface area contributed by atoms with Gasteiger partial charge in [-0.3, -0.25) is 0 Å². The molecule has 0 spiro atoms. The van der Waals surface area contributed by atoms with Crippen LogP contribution in [0, 0.1) is 5.92 Å². The van der Waals surface area contributed by atoms with E-state index in [-0.39, 0.29) is 0 Å². The quantitative estimate of drug-likeness (QED) is 0.790. The maximum absolute atomic E-state index is 5.88. The SMILES string of the molecule is CCC1CC1n1c(CCCl)nc2c(OC)ncnc21. The van der Waals surface area contributed by atoms with Crippen molar-refractivity contribution in [2.75, 3.05) is 13.0 Å². The van der Waals surface area contributed by atoms with Crippen molar-refractivity contribution in [1.29, 1.82) is 0 Å². The average Bonchev–Trinajstić information content (AvgIpc) is 3.12. The molecule has 0 radical (unpaired) electrons. The first-order valence-electron chi connectivity index (χ1n) is 6.61. The first-order valence-corrected chi connectivity index (χ1v) is 7.15. The van der Waals surface area contributed by atoms with E-state index in [0.29, 0.717) is 17.8 Å². The average molecular weight is 281 g/mol. The van der Waals surface area contributed by atoms with Crippen LogP contribution in [0.15, 0.2) is 6.33 Å². The summed E-state index contributed by atoms with van der Waals surface area (Å²) in [5.41, 5.74) is 1.61. The fourth-order valence-corrected chi connectivity index (χ4v) is 2.85. The fourth-order valence-electron chi connectivity index (χ4n) is 2.68. The summed E-state index contributed by atoms with van der Waals surface area (Å²) in [5.74, 6) is 2.81. The molecule has 0 aliphatic heterocycles. The number of alkyl halides is 1. The van der Waals surface area contributed by atoms with Gasteiger partial charge >= 0.3 is 0 Å². The Morgan fingerprint density at radius 1 is 1.47 bits per heavy atom. The number of imidazole rings is 1. The molecule has 0 bridgehead atoms. The van der Waals surface area contributed by atoms with Crippen LogP contribution in [0.2, 0.25) is 0 Å². The highest BCUT2D eigenvalue weighted by Gasteiger charge is 2.39. The third-order valence-corrected chi connectivity index (χ3v) is 3.96. The van der Waals surface area contributed by atoms with Crippen molar-refractivity contribution in [2.24, 2.45) is 5.92 Å².